The van der Waals surface area contributed by atoms with E-state index in [4.69, 9.17) is 14.5 Å². The lowest BCUT2D eigenvalue weighted by Gasteiger charge is -2.36. The molecule has 34 heavy (non-hydrogen) atoms. The zero-order valence-corrected chi connectivity index (χ0v) is 21.7. The van der Waals surface area contributed by atoms with E-state index in [1.807, 2.05) is 17.2 Å². The van der Waals surface area contributed by atoms with E-state index in [-0.39, 0.29) is 18.9 Å². The Morgan fingerprint density at radius 3 is 2.47 bits per heavy atom. The molecule has 8 heteroatoms. The van der Waals surface area contributed by atoms with Gasteiger partial charge in [0.25, 0.3) is 0 Å². The number of nitrogens with zero attached hydrogens (tertiary/aromatic N) is 2. The van der Waals surface area contributed by atoms with Crippen molar-refractivity contribution in [1.29, 1.82) is 0 Å². The number of carbonyl (C=O) groups excluding carboxylic acids is 2. The summed E-state index contributed by atoms with van der Waals surface area (Å²) >= 11 is 1.47. The van der Waals surface area contributed by atoms with Crippen LogP contribution in [0.25, 0.3) is 0 Å². The van der Waals surface area contributed by atoms with Gasteiger partial charge in [-0.05, 0) is 35.3 Å². The number of carbonyl (C=O) groups is 2. The first-order valence-electron chi connectivity index (χ1n) is 11.7. The van der Waals surface area contributed by atoms with E-state index < -0.39 is 12.0 Å². The molecule has 1 aromatic rings. The van der Waals surface area contributed by atoms with Crippen LogP contribution < -0.4 is 5.32 Å². The number of amides is 1. The average molecular weight is 486 g/mol. The molecule has 1 amide bonds. The topological polar surface area (TPSA) is 80.2 Å². The molecule has 0 saturated heterocycles. The number of fused-ring (bicyclic) bond motifs is 1. The normalized spacial score (nSPS) is 17.6. The predicted molar refractivity (Wildman–Crippen MR) is 136 cm³/mol. The Bertz CT molecular complexity index is 996. The monoisotopic (exact) mass is 485 g/mol. The SMILES string of the molecule is COCCOC(=O)C1=C(C)N=C2SC=C(CC(=O)NCC(C)C)N2C1c1ccc(C(C)C)cc1. The molecular formula is C26H35N3O4S. The lowest BCUT2D eigenvalue weighted by Crippen LogP contribution is -2.38. The summed E-state index contributed by atoms with van der Waals surface area (Å²) in [6.45, 7) is 11.4. The van der Waals surface area contributed by atoms with Crippen molar-refractivity contribution in [2.45, 2.75) is 53.0 Å². The fourth-order valence-electron chi connectivity index (χ4n) is 3.85. The van der Waals surface area contributed by atoms with Crippen molar-refractivity contribution < 1.29 is 19.1 Å². The fraction of sp³-hybridized carbons (Fsp3) is 0.500. The van der Waals surface area contributed by atoms with Crippen LogP contribution in [-0.2, 0) is 19.1 Å². The molecule has 0 bridgehead atoms. The highest BCUT2D eigenvalue weighted by Gasteiger charge is 2.41. The van der Waals surface area contributed by atoms with Crippen LogP contribution >= 0.6 is 11.8 Å². The van der Waals surface area contributed by atoms with Gasteiger partial charge in [-0.15, -0.1) is 0 Å². The van der Waals surface area contributed by atoms with Crippen LogP contribution in [0.3, 0.4) is 0 Å². The second-order valence-corrected chi connectivity index (χ2v) is 10.1. The highest BCUT2D eigenvalue weighted by Crippen LogP contribution is 2.45. The Balaban J connectivity index is 1.96. The Kier molecular flexibility index (Phi) is 8.97. The van der Waals surface area contributed by atoms with Crippen LogP contribution in [0.4, 0.5) is 0 Å². The van der Waals surface area contributed by atoms with E-state index in [2.05, 4.69) is 57.3 Å². The van der Waals surface area contributed by atoms with Crippen LogP contribution in [0.2, 0.25) is 0 Å². The van der Waals surface area contributed by atoms with Crippen molar-refractivity contribution in [2.24, 2.45) is 10.9 Å². The molecule has 1 aromatic carbocycles. The van der Waals surface area contributed by atoms with Gasteiger partial charge in [-0.2, -0.15) is 0 Å². The zero-order chi connectivity index (χ0) is 24.8. The highest BCUT2D eigenvalue weighted by molar-refractivity contribution is 8.16. The number of methoxy groups -OCH3 is 1. The number of esters is 1. The number of benzene rings is 1. The third-order valence-electron chi connectivity index (χ3n) is 5.71. The number of hydrogen-bond acceptors (Lipinski definition) is 7. The molecule has 0 fully saturated rings. The molecule has 0 saturated carbocycles. The third kappa shape index (κ3) is 6.10. The molecule has 3 rings (SSSR count). The van der Waals surface area contributed by atoms with Gasteiger partial charge in [0.15, 0.2) is 5.17 Å². The molecule has 184 valence electrons. The van der Waals surface area contributed by atoms with Crippen LogP contribution in [0, 0.1) is 5.92 Å². The molecule has 2 heterocycles. The molecular weight excluding hydrogens is 450 g/mol. The van der Waals surface area contributed by atoms with Gasteiger partial charge in [0, 0.05) is 19.4 Å². The quantitative estimate of drug-likeness (QED) is 0.381. The minimum atomic E-state index is -0.428. The van der Waals surface area contributed by atoms with Gasteiger partial charge in [-0.25, -0.2) is 9.79 Å². The molecule has 0 aliphatic carbocycles. The number of ether oxygens (including phenoxy) is 2. The minimum absolute atomic E-state index is 0.0498. The summed E-state index contributed by atoms with van der Waals surface area (Å²) in [5.74, 6) is 0.298. The fourth-order valence-corrected chi connectivity index (χ4v) is 4.81. The van der Waals surface area contributed by atoms with Gasteiger partial charge in [0.1, 0.15) is 6.61 Å². The van der Waals surface area contributed by atoms with E-state index in [9.17, 15) is 9.59 Å². The third-order valence-corrected chi connectivity index (χ3v) is 6.60. The Morgan fingerprint density at radius 2 is 1.85 bits per heavy atom. The van der Waals surface area contributed by atoms with Crippen molar-refractivity contribution in [3.05, 3.63) is 57.8 Å². The van der Waals surface area contributed by atoms with Gasteiger partial charge in [0.05, 0.1) is 30.3 Å². The van der Waals surface area contributed by atoms with Crippen molar-refractivity contribution in [2.75, 3.05) is 26.9 Å². The number of thioether (sulfide) groups is 1. The molecule has 1 atom stereocenters. The second kappa shape index (κ2) is 11.7. The summed E-state index contributed by atoms with van der Waals surface area (Å²) in [7, 11) is 1.57. The number of aliphatic imine (C=N–C) groups is 1. The van der Waals surface area contributed by atoms with Gasteiger partial charge < -0.3 is 19.7 Å². The molecule has 0 radical (unpaired) electrons. The summed E-state index contributed by atoms with van der Waals surface area (Å²) in [6.07, 6.45) is 0.213. The largest absolute Gasteiger partial charge is 0.460 e. The molecule has 1 unspecified atom stereocenters. The smallest absolute Gasteiger partial charge is 0.338 e. The zero-order valence-electron chi connectivity index (χ0n) is 20.9. The standard InChI is InChI=1S/C26H35N3O4S/c1-16(2)14-27-22(30)13-21-15-34-26-28-18(5)23(25(31)33-12-11-32-6)24(29(21)26)20-9-7-19(8-10-20)17(3)4/h7-10,15-17,24H,11-14H2,1-6H3,(H,27,30). The van der Waals surface area contributed by atoms with Crippen LogP contribution in [0.15, 0.2) is 51.6 Å². The molecule has 7 nitrogen and oxygen atoms in total. The lowest BCUT2D eigenvalue weighted by atomic mass is 9.92. The number of rotatable bonds is 10. The number of hydrogen-bond donors (Lipinski definition) is 1. The van der Waals surface area contributed by atoms with E-state index in [1.54, 1.807) is 7.11 Å². The van der Waals surface area contributed by atoms with E-state index in [0.717, 1.165) is 16.4 Å². The first kappa shape index (κ1) is 26.0. The maximum atomic E-state index is 13.2. The highest BCUT2D eigenvalue weighted by atomic mass is 32.2. The molecule has 0 spiro atoms. The Morgan fingerprint density at radius 1 is 1.15 bits per heavy atom. The average Bonchev–Trinajstić information content (AvgIpc) is 3.18. The van der Waals surface area contributed by atoms with Crippen molar-refractivity contribution >= 4 is 28.8 Å². The lowest BCUT2D eigenvalue weighted by molar-refractivity contribution is -0.141. The van der Waals surface area contributed by atoms with Gasteiger partial charge >= 0.3 is 5.97 Å². The van der Waals surface area contributed by atoms with Gasteiger partial charge in [0.2, 0.25) is 5.91 Å². The molecule has 2 aliphatic rings. The van der Waals surface area contributed by atoms with Gasteiger partial charge in [-0.3, -0.25) is 4.79 Å². The molecule has 2 aliphatic heterocycles. The van der Waals surface area contributed by atoms with Gasteiger partial charge in [-0.1, -0.05) is 63.7 Å². The maximum Gasteiger partial charge on any atom is 0.338 e. The van der Waals surface area contributed by atoms with Crippen molar-refractivity contribution in [1.82, 2.24) is 10.2 Å². The van der Waals surface area contributed by atoms with Crippen LogP contribution in [0.5, 0.6) is 0 Å². The summed E-state index contributed by atoms with van der Waals surface area (Å²) < 4.78 is 10.5. The van der Waals surface area contributed by atoms with E-state index >= 15 is 0 Å². The first-order chi connectivity index (χ1) is 16.2. The van der Waals surface area contributed by atoms with E-state index in [0.29, 0.717) is 36.3 Å². The molecule has 1 N–H and O–H groups in total. The maximum absolute atomic E-state index is 13.2. The summed E-state index contributed by atoms with van der Waals surface area (Å²) in [5, 5.41) is 5.70. The Labute approximate surface area is 206 Å². The summed E-state index contributed by atoms with van der Waals surface area (Å²) in [5.41, 5.74) is 4.09. The number of nitrogens with one attached hydrogen (secondary N) is 1. The van der Waals surface area contributed by atoms with E-state index in [1.165, 1.54) is 17.3 Å². The predicted octanol–water partition coefficient (Wildman–Crippen LogP) is 4.74. The van der Waals surface area contributed by atoms with Crippen molar-refractivity contribution in [3.8, 4) is 0 Å². The van der Waals surface area contributed by atoms with Crippen LogP contribution in [-0.4, -0.2) is 48.8 Å². The minimum Gasteiger partial charge on any atom is -0.460 e. The summed E-state index contributed by atoms with van der Waals surface area (Å²) in [4.78, 5) is 32.6. The molecule has 0 aromatic heterocycles. The first-order valence-corrected chi connectivity index (χ1v) is 12.6. The number of amidine groups is 1. The number of allylic oxidation sites excluding steroid dienone is 1. The Hall–Kier alpha value is -2.58. The second-order valence-electron chi connectivity index (χ2n) is 9.22. The van der Waals surface area contributed by atoms with Crippen LogP contribution in [0.1, 0.15) is 64.1 Å². The summed E-state index contributed by atoms with van der Waals surface area (Å²) in [6, 6.07) is 7.87. The van der Waals surface area contributed by atoms with Crippen molar-refractivity contribution in [3.63, 3.8) is 0 Å².